The van der Waals surface area contributed by atoms with E-state index in [1.54, 1.807) is 6.07 Å². The number of halogens is 1. The molecule has 1 amide bonds. The fourth-order valence-corrected chi connectivity index (χ4v) is 2.85. The van der Waals surface area contributed by atoms with E-state index in [-0.39, 0.29) is 0 Å². The minimum Gasteiger partial charge on any atom is -0.366 e. The molecule has 0 bridgehead atoms. The van der Waals surface area contributed by atoms with E-state index in [1.807, 2.05) is 54.6 Å². The Morgan fingerprint density at radius 3 is 2.36 bits per heavy atom. The van der Waals surface area contributed by atoms with Crippen molar-refractivity contribution in [2.75, 3.05) is 0 Å². The fraction of sp³-hybridized carbons (Fsp3) is 0.0952. The summed E-state index contributed by atoms with van der Waals surface area (Å²) in [6.07, 6.45) is 0. The van der Waals surface area contributed by atoms with E-state index in [0.717, 1.165) is 34.8 Å². The van der Waals surface area contributed by atoms with Crippen molar-refractivity contribution in [3.05, 3.63) is 94.5 Å². The minimum atomic E-state index is -0.415. The smallest absolute Gasteiger partial charge is 0.248 e. The van der Waals surface area contributed by atoms with Crippen LogP contribution in [0.3, 0.4) is 0 Å². The van der Waals surface area contributed by atoms with E-state index in [4.69, 9.17) is 17.3 Å². The highest BCUT2D eigenvalue weighted by Crippen LogP contribution is 2.21. The second-order valence-electron chi connectivity index (χ2n) is 5.84. The predicted octanol–water partition coefficient (Wildman–Crippen LogP) is 4.40. The summed E-state index contributed by atoms with van der Waals surface area (Å²) in [5.41, 5.74) is 10.2. The maximum Gasteiger partial charge on any atom is 0.248 e. The highest BCUT2D eigenvalue weighted by molar-refractivity contribution is 6.31. The van der Waals surface area contributed by atoms with Crippen molar-refractivity contribution in [1.82, 2.24) is 5.32 Å². The van der Waals surface area contributed by atoms with Gasteiger partial charge in [-0.15, -0.1) is 0 Å². The van der Waals surface area contributed by atoms with Crippen molar-refractivity contribution in [2.24, 2.45) is 5.73 Å². The Balaban J connectivity index is 1.63. The molecule has 0 heterocycles. The molecule has 0 aromatic heterocycles. The molecule has 0 saturated carbocycles. The number of carbonyl (C=O) groups is 1. The normalized spacial score (nSPS) is 10.6. The zero-order chi connectivity index (χ0) is 17.6. The molecule has 4 heteroatoms. The summed E-state index contributed by atoms with van der Waals surface area (Å²) in [6.45, 7) is 1.48. The molecule has 126 valence electrons. The summed E-state index contributed by atoms with van der Waals surface area (Å²) < 4.78 is 0. The van der Waals surface area contributed by atoms with Gasteiger partial charge in [0.15, 0.2) is 0 Å². The van der Waals surface area contributed by atoms with Gasteiger partial charge in [0, 0.05) is 23.7 Å². The molecule has 0 unspecified atom stereocenters. The van der Waals surface area contributed by atoms with Gasteiger partial charge in [-0.3, -0.25) is 4.79 Å². The van der Waals surface area contributed by atoms with Crippen molar-refractivity contribution < 1.29 is 4.79 Å². The van der Waals surface area contributed by atoms with Crippen LogP contribution in [0, 0.1) is 0 Å². The number of hydrogen-bond acceptors (Lipinski definition) is 2. The molecule has 0 aliphatic rings. The standard InChI is InChI=1S/C21H19ClN2O/c22-20-7-2-1-4-19(20)14-24-13-15-8-10-16(11-9-15)17-5-3-6-18(12-17)21(23)25/h1-12,24H,13-14H2,(H2,23,25). The van der Waals surface area contributed by atoms with Gasteiger partial charge in [0.05, 0.1) is 0 Å². The van der Waals surface area contributed by atoms with Gasteiger partial charge in [-0.05, 0) is 40.5 Å². The van der Waals surface area contributed by atoms with E-state index in [9.17, 15) is 4.79 Å². The van der Waals surface area contributed by atoms with Crippen LogP contribution in [0.15, 0.2) is 72.8 Å². The Morgan fingerprint density at radius 2 is 1.64 bits per heavy atom. The molecule has 3 aromatic rings. The Labute approximate surface area is 152 Å². The lowest BCUT2D eigenvalue weighted by Gasteiger charge is -2.08. The van der Waals surface area contributed by atoms with Crippen molar-refractivity contribution in [3.8, 4) is 11.1 Å². The van der Waals surface area contributed by atoms with Gasteiger partial charge in [-0.25, -0.2) is 0 Å². The SMILES string of the molecule is NC(=O)c1cccc(-c2ccc(CNCc3ccccc3Cl)cc2)c1. The molecule has 0 saturated heterocycles. The van der Waals surface area contributed by atoms with Crippen LogP contribution in [0.5, 0.6) is 0 Å². The quantitative estimate of drug-likeness (QED) is 0.692. The lowest BCUT2D eigenvalue weighted by Crippen LogP contribution is -2.12. The molecule has 0 aliphatic carbocycles. The molecule has 0 radical (unpaired) electrons. The third-order valence-corrected chi connectivity index (χ3v) is 4.41. The highest BCUT2D eigenvalue weighted by atomic mass is 35.5. The maximum atomic E-state index is 11.3. The van der Waals surface area contributed by atoms with E-state index >= 15 is 0 Å². The Bertz CT molecular complexity index is 875. The van der Waals surface area contributed by atoms with Crippen LogP contribution in [0.1, 0.15) is 21.5 Å². The number of rotatable bonds is 6. The lowest BCUT2D eigenvalue weighted by atomic mass is 10.0. The molecular formula is C21H19ClN2O. The van der Waals surface area contributed by atoms with Crippen molar-refractivity contribution in [3.63, 3.8) is 0 Å². The Kier molecular flexibility index (Phi) is 5.49. The zero-order valence-corrected chi connectivity index (χ0v) is 14.5. The van der Waals surface area contributed by atoms with Crippen LogP contribution in [0.25, 0.3) is 11.1 Å². The van der Waals surface area contributed by atoms with Gasteiger partial charge < -0.3 is 11.1 Å². The molecule has 0 aliphatic heterocycles. The Morgan fingerprint density at radius 1 is 0.880 bits per heavy atom. The summed E-state index contributed by atoms with van der Waals surface area (Å²) in [5, 5.41) is 4.17. The summed E-state index contributed by atoms with van der Waals surface area (Å²) in [4.78, 5) is 11.3. The third-order valence-electron chi connectivity index (χ3n) is 4.04. The number of nitrogens with one attached hydrogen (secondary N) is 1. The first-order valence-electron chi connectivity index (χ1n) is 8.07. The molecule has 25 heavy (non-hydrogen) atoms. The highest BCUT2D eigenvalue weighted by Gasteiger charge is 2.04. The minimum absolute atomic E-state index is 0.415. The van der Waals surface area contributed by atoms with Crippen molar-refractivity contribution in [1.29, 1.82) is 0 Å². The van der Waals surface area contributed by atoms with E-state index in [2.05, 4.69) is 17.4 Å². The van der Waals surface area contributed by atoms with E-state index < -0.39 is 5.91 Å². The van der Waals surface area contributed by atoms with Crippen LogP contribution < -0.4 is 11.1 Å². The topological polar surface area (TPSA) is 55.1 Å². The summed E-state index contributed by atoms with van der Waals surface area (Å²) in [7, 11) is 0. The average Bonchev–Trinajstić information content (AvgIpc) is 2.64. The van der Waals surface area contributed by atoms with Gasteiger partial charge >= 0.3 is 0 Å². The number of benzene rings is 3. The first-order chi connectivity index (χ1) is 12.1. The Hall–Kier alpha value is -2.62. The van der Waals surface area contributed by atoms with Crippen LogP contribution in [-0.2, 0) is 13.1 Å². The number of primary amides is 1. The average molecular weight is 351 g/mol. The van der Waals surface area contributed by atoms with E-state index in [1.165, 1.54) is 5.56 Å². The second kappa shape index (κ2) is 7.97. The fourth-order valence-electron chi connectivity index (χ4n) is 2.65. The largest absolute Gasteiger partial charge is 0.366 e. The molecular weight excluding hydrogens is 332 g/mol. The zero-order valence-electron chi connectivity index (χ0n) is 13.7. The van der Waals surface area contributed by atoms with Gasteiger partial charge in [0.25, 0.3) is 0 Å². The van der Waals surface area contributed by atoms with Crippen LogP contribution in [-0.4, -0.2) is 5.91 Å². The van der Waals surface area contributed by atoms with E-state index in [0.29, 0.717) is 5.56 Å². The number of hydrogen-bond donors (Lipinski definition) is 2. The molecule has 0 spiro atoms. The monoisotopic (exact) mass is 350 g/mol. The van der Waals surface area contributed by atoms with Crippen molar-refractivity contribution in [2.45, 2.75) is 13.1 Å². The predicted molar refractivity (Wildman–Crippen MR) is 102 cm³/mol. The molecule has 0 atom stereocenters. The second-order valence-corrected chi connectivity index (χ2v) is 6.24. The van der Waals surface area contributed by atoms with Gasteiger partial charge in [0.2, 0.25) is 5.91 Å². The number of nitrogens with two attached hydrogens (primary N) is 1. The molecule has 3 rings (SSSR count). The lowest BCUT2D eigenvalue weighted by molar-refractivity contribution is 0.100. The maximum absolute atomic E-state index is 11.3. The first kappa shape index (κ1) is 17.2. The third kappa shape index (κ3) is 4.47. The van der Waals surface area contributed by atoms with Gasteiger partial charge in [-0.1, -0.05) is 66.2 Å². The molecule has 3 aromatic carbocycles. The summed E-state index contributed by atoms with van der Waals surface area (Å²) in [5.74, 6) is -0.415. The van der Waals surface area contributed by atoms with Crippen LogP contribution >= 0.6 is 11.6 Å². The van der Waals surface area contributed by atoms with Crippen LogP contribution in [0.2, 0.25) is 5.02 Å². The van der Waals surface area contributed by atoms with Gasteiger partial charge in [0.1, 0.15) is 0 Å². The summed E-state index contributed by atoms with van der Waals surface area (Å²) in [6, 6.07) is 23.4. The first-order valence-corrected chi connectivity index (χ1v) is 8.44. The molecule has 3 nitrogen and oxygen atoms in total. The molecule has 0 fully saturated rings. The van der Waals surface area contributed by atoms with Gasteiger partial charge in [-0.2, -0.15) is 0 Å². The van der Waals surface area contributed by atoms with Crippen LogP contribution in [0.4, 0.5) is 0 Å². The number of amides is 1. The van der Waals surface area contributed by atoms with Crippen molar-refractivity contribution >= 4 is 17.5 Å². The summed E-state index contributed by atoms with van der Waals surface area (Å²) >= 11 is 6.16. The molecule has 3 N–H and O–H groups in total. The number of carbonyl (C=O) groups excluding carboxylic acids is 1.